The van der Waals surface area contributed by atoms with Crippen molar-refractivity contribution in [3.8, 4) is 0 Å². The van der Waals surface area contributed by atoms with E-state index in [1.165, 1.54) is 0 Å². The molecule has 0 saturated heterocycles. The second-order valence-electron chi connectivity index (χ2n) is 3.36. The second-order valence-corrected chi connectivity index (χ2v) is 3.36. The van der Waals surface area contributed by atoms with Gasteiger partial charge in [0.15, 0.2) is 12.4 Å². The summed E-state index contributed by atoms with van der Waals surface area (Å²) in [7, 11) is 0. The molecule has 11 heteroatoms. The highest BCUT2D eigenvalue weighted by Gasteiger charge is 2.32. The Labute approximate surface area is 107 Å². The zero-order valence-electron chi connectivity index (χ0n) is 9.66. The molecular weight excluding hydrogens is 264 g/mol. The third-order valence-corrected chi connectivity index (χ3v) is 1.99. The first-order valence-corrected chi connectivity index (χ1v) is 5.03. The smallest absolute Gasteiger partial charge is 0.249 e. The minimum absolute atomic E-state index is 0.0752. The van der Waals surface area contributed by atoms with Crippen LogP contribution >= 0.6 is 0 Å². The van der Waals surface area contributed by atoms with Crippen molar-refractivity contribution >= 4 is 12.2 Å². The molecule has 0 fully saturated rings. The number of nitrogens with one attached hydrogen (secondary N) is 1. The molecule has 11 nitrogen and oxygen atoms in total. The number of azide groups is 1. The highest BCUT2D eigenvalue weighted by molar-refractivity contribution is 5.77. The van der Waals surface area contributed by atoms with Crippen molar-refractivity contribution in [1.29, 1.82) is 0 Å². The van der Waals surface area contributed by atoms with E-state index in [1.54, 1.807) is 5.48 Å². The molecule has 4 atom stereocenters. The molecule has 0 aromatic rings. The van der Waals surface area contributed by atoms with Crippen LogP contribution in [0.4, 0.5) is 0 Å². The Kier molecular flexibility index (Phi) is 8.37. The summed E-state index contributed by atoms with van der Waals surface area (Å²) in [4.78, 5) is 28.4. The van der Waals surface area contributed by atoms with E-state index < -0.39 is 43.5 Å². The minimum atomic E-state index is -1.88. The van der Waals surface area contributed by atoms with Gasteiger partial charge in [-0.3, -0.25) is 9.63 Å². The number of aliphatic hydroxyl groups excluding tert-OH is 4. The lowest BCUT2D eigenvalue weighted by Gasteiger charge is -2.25. The van der Waals surface area contributed by atoms with Gasteiger partial charge in [0.25, 0.3) is 0 Å². The molecule has 0 aliphatic heterocycles. The second kappa shape index (κ2) is 9.22. The largest absolute Gasteiger partial charge is 0.394 e. The highest BCUT2D eigenvalue weighted by Crippen LogP contribution is 2.05. The Morgan fingerprint density at radius 2 is 2.05 bits per heavy atom. The molecule has 0 aromatic heterocycles. The minimum Gasteiger partial charge on any atom is -0.394 e. The molecule has 0 bridgehead atoms. The van der Waals surface area contributed by atoms with Gasteiger partial charge in [-0.2, -0.15) is 0 Å². The number of amides is 1. The number of carbonyl (C=O) groups excluding carboxylic acids is 2. The summed E-state index contributed by atoms with van der Waals surface area (Å²) in [5, 5.41) is 39.3. The monoisotopic (exact) mass is 278 g/mol. The number of hydrogen-bond donors (Lipinski definition) is 5. The molecule has 0 radical (unpaired) electrons. The maximum absolute atomic E-state index is 11.0. The summed E-state index contributed by atoms with van der Waals surface area (Å²) in [5.74, 6) is -0.881. The number of hydroxylamine groups is 1. The van der Waals surface area contributed by atoms with Crippen molar-refractivity contribution in [3.63, 3.8) is 0 Å². The predicted molar refractivity (Wildman–Crippen MR) is 58.2 cm³/mol. The SMILES string of the molecule is [N-]=[N+]=NCC(=O)NO[C@@H](C=O)[C@@H](O)[C@@H](O)[C@H](O)CO. The Hall–Kier alpha value is -1.75. The Balaban J connectivity index is 4.37. The van der Waals surface area contributed by atoms with E-state index in [9.17, 15) is 19.8 Å². The third-order valence-electron chi connectivity index (χ3n) is 1.99. The van der Waals surface area contributed by atoms with Gasteiger partial charge in [0, 0.05) is 4.91 Å². The molecule has 19 heavy (non-hydrogen) atoms. The van der Waals surface area contributed by atoms with Crippen LogP contribution in [-0.2, 0) is 14.4 Å². The van der Waals surface area contributed by atoms with Crippen LogP contribution in [0.2, 0.25) is 0 Å². The van der Waals surface area contributed by atoms with Crippen LogP contribution in [0.25, 0.3) is 10.4 Å². The number of nitrogens with zero attached hydrogens (tertiary/aromatic N) is 3. The van der Waals surface area contributed by atoms with E-state index in [0.29, 0.717) is 0 Å². The molecule has 5 N–H and O–H groups in total. The fourth-order valence-corrected chi connectivity index (χ4v) is 0.970. The number of aldehydes is 1. The van der Waals surface area contributed by atoms with Crippen LogP contribution in [0, 0.1) is 0 Å². The summed E-state index contributed by atoms with van der Waals surface area (Å²) in [6.45, 7) is -1.42. The lowest BCUT2D eigenvalue weighted by atomic mass is 10.0. The maximum atomic E-state index is 11.0. The molecule has 0 spiro atoms. The first-order chi connectivity index (χ1) is 8.97. The van der Waals surface area contributed by atoms with Crippen molar-refractivity contribution in [1.82, 2.24) is 5.48 Å². The van der Waals surface area contributed by atoms with Crippen LogP contribution in [0.1, 0.15) is 0 Å². The summed E-state index contributed by atoms with van der Waals surface area (Å²) in [6.07, 6.45) is -7.01. The number of carbonyl (C=O) groups is 2. The van der Waals surface area contributed by atoms with Crippen LogP contribution in [0.5, 0.6) is 0 Å². The Morgan fingerprint density at radius 1 is 1.42 bits per heavy atom. The number of aliphatic hydroxyl groups is 4. The van der Waals surface area contributed by atoms with Crippen molar-refractivity contribution in [2.75, 3.05) is 13.2 Å². The number of hydrogen-bond acceptors (Lipinski definition) is 8. The summed E-state index contributed by atoms with van der Waals surface area (Å²) in [6, 6.07) is 0. The van der Waals surface area contributed by atoms with Crippen LogP contribution in [-0.4, -0.2) is 70.2 Å². The fourth-order valence-electron chi connectivity index (χ4n) is 0.970. The van der Waals surface area contributed by atoms with Gasteiger partial charge in [0.1, 0.15) is 24.9 Å². The van der Waals surface area contributed by atoms with E-state index in [0.717, 1.165) is 0 Å². The van der Waals surface area contributed by atoms with E-state index >= 15 is 0 Å². The summed E-state index contributed by atoms with van der Waals surface area (Å²) < 4.78 is 0. The molecule has 108 valence electrons. The van der Waals surface area contributed by atoms with Crippen LogP contribution in [0.15, 0.2) is 5.11 Å². The first-order valence-electron chi connectivity index (χ1n) is 5.03. The average Bonchev–Trinajstić information content (AvgIpc) is 2.43. The molecule has 1 amide bonds. The van der Waals surface area contributed by atoms with Crippen LogP contribution < -0.4 is 5.48 Å². The van der Waals surface area contributed by atoms with Gasteiger partial charge >= 0.3 is 0 Å². The quantitative estimate of drug-likeness (QED) is 0.0976. The van der Waals surface area contributed by atoms with Crippen molar-refractivity contribution in [2.45, 2.75) is 24.4 Å². The van der Waals surface area contributed by atoms with Gasteiger partial charge in [0.05, 0.1) is 6.61 Å². The van der Waals surface area contributed by atoms with Gasteiger partial charge in [-0.25, -0.2) is 5.48 Å². The molecule has 0 saturated carbocycles. The topological polar surface area (TPSA) is 185 Å². The number of rotatable bonds is 9. The molecule has 0 aliphatic rings. The predicted octanol–water partition coefficient (Wildman–Crippen LogP) is -3.01. The van der Waals surface area contributed by atoms with Crippen LogP contribution in [0.3, 0.4) is 0 Å². The highest BCUT2D eigenvalue weighted by atomic mass is 16.7. The molecular formula is C8H14N4O7. The van der Waals surface area contributed by atoms with Gasteiger partial charge in [0.2, 0.25) is 5.91 Å². The van der Waals surface area contributed by atoms with Gasteiger partial charge < -0.3 is 25.2 Å². The third kappa shape index (κ3) is 6.10. The molecule has 0 aliphatic carbocycles. The summed E-state index contributed by atoms with van der Waals surface area (Å²) in [5.41, 5.74) is 9.66. The van der Waals surface area contributed by atoms with Gasteiger partial charge in [-0.05, 0) is 5.53 Å². The Bertz CT molecular complexity index is 346. The van der Waals surface area contributed by atoms with E-state index in [-0.39, 0.29) is 6.29 Å². The van der Waals surface area contributed by atoms with Crippen molar-refractivity contribution in [2.24, 2.45) is 5.11 Å². The normalized spacial score (nSPS) is 16.6. The zero-order chi connectivity index (χ0) is 14.8. The molecule has 0 aromatic carbocycles. The first kappa shape index (κ1) is 17.2. The lowest BCUT2D eigenvalue weighted by molar-refractivity contribution is -0.165. The molecule has 0 heterocycles. The lowest BCUT2D eigenvalue weighted by Crippen LogP contribution is -2.49. The van der Waals surface area contributed by atoms with Gasteiger partial charge in [-0.1, -0.05) is 5.11 Å². The zero-order valence-corrected chi connectivity index (χ0v) is 9.66. The standard InChI is InChI=1S/C8H14N4O7/c9-12-10-1-6(16)11-19-5(3-14)8(18)7(17)4(15)2-13/h3-5,7-8,13,15,17-18H,1-2H2,(H,11,16)/t4-,5+,7+,8-/m1/s1. The van der Waals surface area contributed by atoms with Gasteiger partial charge in [-0.15, -0.1) is 0 Å². The van der Waals surface area contributed by atoms with E-state index in [4.69, 9.17) is 15.7 Å². The average molecular weight is 278 g/mol. The Morgan fingerprint density at radius 3 is 2.53 bits per heavy atom. The fraction of sp³-hybridized carbons (Fsp3) is 0.750. The van der Waals surface area contributed by atoms with E-state index in [2.05, 4.69) is 14.9 Å². The van der Waals surface area contributed by atoms with E-state index in [1.807, 2.05) is 0 Å². The maximum Gasteiger partial charge on any atom is 0.249 e. The van der Waals surface area contributed by atoms with Crippen molar-refractivity contribution < 1.29 is 34.9 Å². The molecule has 0 rings (SSSR count). The molecule has 0 unspecified atom stereocenters. The summed E-state index contributed by atoms with van der Waals surface area (Å²) >= 11 is 0. The van der Waals surface area contributed by atoms with Crippen molar-refractivity contribution in [3.05, 3.63) is 10.4 Å².